The number of hydrogen-bond acceptors (Lipinski definition) is 6. The highest BCUT2D eigenvalue weighted by atomic mass is 16.5. The molecule has 168 valence electrons. The van der Waals surface area contributed by atoms with E-state index in [0.29, 0.717) is 47.1 Å². The van der Waals surface area contributed by atoms with Crippen molar-refractivity contribution < 1.29 is 28.5 Å². The molecule has 0 unspecified atom stereocenters. The summed E-state index contributed by atoms with van der Waals surface area (Å²) in [7, 11) is 6.28. The topological polar surface area (TPSA) is 83.1 Å². The fourth-order valence-electron chi connectivity index (χ4n) is 4.68. The van der Waals surface area contributed by atoms with Crippen LogP contribution in [0.3, 0.4) is 0 Å². The molecule has 1 heterocycles. The van der Waals surface area contributed by atoms with Gasteiger partial charge in [0, 0.05) is 30.0 Å². The van der Waals surface area contributed by atoms with Gasteiger partial charge in [-0.1, -0.05) is 12.1 Å². The molecule has 1 aliphatic carbocycles. The Kier molecular flexibility index (Phi) is 6.08. The third kappa shape index (κ3) is 3.90. The van der Waals surface area contributed by atoms with Crippen molar-refractivity contribution in [3.63, 3.8) is 0 Å². The summed E-state index contributed by atoms with van der Waals surface area (Å²) in [6, 6.07) is 11.3. The summed E-state index contributed by atoms with van der Waals surface area (Å²) in [5.74, 6) is 1.85. The molecular formula is C25H27NO6. The molecule has 2 aromatic carbocycles. The van der Waals surface area contributed by atoms with Crippen molar-refractivity contribution in [1.82, 2.24) is 5.32 Å². The highest BCUT2D eigenvalue weighted by molar-refractivity contribution is 6.02. The van der Waals surface area contributed by atoms with Crippen LogP contribution >= 0.6 is 0 Å². The Morgan fingerprint density at radius 1 is 0.812 bits per heavy atom. The van der Waals surface area contributed by atoms with E-state index >= 15 is 0 Å². The third-order valence-corrected chi connectivity index (χ3v) is 6.19. The van der Waals surface area contributed by atoms with E-state index in [1.54, 1.807) is 28.4 Å². The van der Waals surface area contributed by atoms with Gasteiger partial charge >= 0.3 is 0 Å². The number of amides is 1. The number of carbonyl (C=O) groups is 2. The van der Waals surface area contributed by atoms with Crippen LogP contribution in [0.15, 0.2) is 47.7 Å². The minimum absolute atomic E-state index is 0.0396. The standard InChI is InChI=1S/C25H27NO6/c1-29-17-7-5-6-14(8-17)18-13-23(28)26-19-9-15(10-20(27)24(18)19)16-11-21(30-2)25(32-4)22(12-16)31-3/h5-8,11-12,15,18H,9-10,13H2,1-4H3,(H,26,28)/t15-,18+/m1/s1. The highest BCUT2D eigenvalue weighted by Crippen LogP contribution is 2.46. The SMILES string of the molecule is COc1cccc([C@@H]2CC(=O)NC3=C2C(=O)C[C@H](c2cc(OC)c(OC)c(OC)c2)C3)c1. The number of Topliss-reactive ketones (excluding diaryl/α,β-unsaturated/α-hetero) is 1. The van der Waals surface area contributed by atoms with Gasteiger partial charge in [-0.3, -0.25) is 9.59 Å². The number of benzene rings is 2. The first-order valence-corrected chi connectivity index (χ1v) is 10.5. The number of methoxy groups -OCH3 is 4. The van der Waals surface area contributed by atoms with Crippen LogP contribution in [0.2, 0.25) is 0 Å². The second-order valence-corrected chi connectivity index (χ2v) is 7.96. The second-order valence-electron chi connectivity index (χ2n) is 7.96. The zero-order valence-electron chi connectivity index (χ0n) is 18.7. The van der Waals surface area contributed by atoms with Crippen LogP contribution in [-0.2, 0) is 9.59 Å². The maximum absolute atomic E-state index is 13.4. The van der Waals surface area contributed by atoms with Crippen molar-refractivity contribution in [3.8, 4) is 23.0 Å². The molecule has 2 aromatic rings. The Hall–Kier alpha value is -3.48. The molecule has 0 radical (unpaired) electrons. The van der Waals surface area contributed by atoms with Gasteiger partial charge in [-0.15, -0.1) is 0 Å². The van der Waals surface area contributed by atoms with Gasteiger partial charge in [-0.2, -0.15) is 0 Å². The van der Waals surface area contributed by atoms with E-state index in [2.05, 4.69) is 5.32 Å². The number of ether oxygens (including phenoxy) is 4. The Bertz CT molecular complexity index is 1060. The van der Waals surface area contributed by atoms with Crippen molar-refractivity contribution in [2.45, 2.75) is 31.1 Å². The molecule has 0 saturated carbocycles. The lowest BCUT2D eigenvalue weighted by Crippen LogP contribution is -2.38. The van der Waals surface area contributed by atoms with E-state index in [1.165, 1.54) is 0 Å². The first-order chi connectivity index (χ1) is 15.5. The summed E-state index contributed by atoms with van der Waals surface area (Å²) in [5.41, 5.74) is 3.20. The minimum Gasteiger partial charge on any atom is -0.497 e. The molecule has 4 rings (SSSR count). The van der Waals surface area contributed by atoms with Gasteiger partial charge in [0.1, 0.15) is 5.75 Å². The average molecular weight is 437 g/mol. The number of ketones is 1. The lowest BCUT2D eigenvalue weighted by Gasteiger charge is -2.34. The zero-order valence-corrected chi connectivity index (χ0v) is 18.7. The lowest BCUT2D eigenvalue weighted by molar-refractivity contribution is -0.122. The summed E-state index contributed by atoms with van der Waals surface area (Å²) in [4.78, 5) is 25.9. The molecule has 32 heavy (non-hydrogen) atoms. The smallest absolute Gasteiger partial charge is 0.225 e. The fourth-order valence-corrected chi connectivity index (χ4v) is 4.68. The number of rotatable bonds is 6. The van der Waals surface area contributed by atoms with E-state index in [4.69, 9.17) is 18.9 Å². The molecule has 0 fully saturated rings. The molecular weight excluding hydrogens is 410 g/mol. The van der Waals surface area contributed by atoms with Crippen LogP contribution in [0.5, 0.6) is 23.0 Å². The van der Waals surface area contributed by atoms with Gasteiger partial charge in [0.05, 0.1) is 28.4 Å². The van der Waals surface area contributed by atoms with Crippen molar-refractivity contribution in [1.29, 1.82) is 0 Å². The Balaban J connectivity index is 1.72. The summed E-state index contributed by atoms with van der Waals surface area (Å²) in [5, 5.41) is 2.96. The lowest BCUT2D eigenvalue weighted by atomic mass is 9.73. The average Bonchev–Trinajstić information content (AvgIpc) is 2.82. The van der Waals surface area contributed by atoms with Crippen LogP contribution in [0.25, 0.3) is 0 Å². The first kappa shape index (κ1) is 21.7. The molecule has 0 spiro atoms. The molecule has 2 aliphatic rings. The van der Waals surface area contributed by atoms with Gasteiger partial charge in [-0.05, 0) is 47.7 Å². The van der Waals surface area contributed by atoms with Gasteiger partial charge in [-0.25, -0.2) is 0 Å². The molecule has 7 heteroatoms. The number of carbonyl (C=O) groups excluding carboxylic acids is 2. The normalized spacial score (nSPS) is 20.4. The highest BCUT2D eigenvalue weighted by Gasteiger charge is 2.38. The van der Waals surface area contributed by atoms with Crippen LogP contribution in [0.4, 0.5) is 0 Å². The maximum Gasteiger partial charge on any atom is 0.225 e. The van der Waals surface area contributed by atoms with E-state index in [9.17, 15) is 9.59 Å². The van der Waals surface area contributed by atoms with Gasteiger partial charge in [0.15, 0.2) is 17.3 Å². The van der Waals surface area contributed by atoms with Crippen LogP contribution in [-0.4, -0.2) is 40.1 Å². The van der Waals surface area contributed by atoms with E-state index < -0.39 is 0 Å². The van der Waals surface area contributed by atoms with E-state index in [0.717, 1.165) is 11.1 Å². The Morgan fingerprint density at radius 3 is 2.16 bits per heavy atom. The Labute approximate surface area is 187 Å². The van der Waals surface area contributed by atoms with Gasteiger partial charge < -0.3 is 24.3 Å². The summed E-state index contributed by atoms with van der Waals surface area (Å²) >= 11 is 0. The van der Waals surface area contributed by atoms with Crippen molar-refractivity contribution in [2.75, 3.05) is 28.4 Å². The number of allylic oxidation sites excluding steroid dienone is 2. The second kappa shape index (κ2) is 8.94. The summed E-state index contributed by atoms with van der Waals surface area (Å²) in [6.07, 6.45) is 1.13. The number of nitrogens with one attached hydrogen (secondary N) is 1. The summed E-state index contributed by atoms with van der Waals surface area (Å²) < 4.78 is 21.7. The molecule has 2 atom stereocenters. The molecule has 0 bridgehead atoms. The molecule has 0 aromatic heterocycles. The molecule has 0 saturated heterocycles. The van der Waals surface area contributed by atoms with Crippen molar-refractivity contribution in [3.05, 3.63) is 58.8 Å². The van der Waals surface area contributed by atoms with Crippen molar-refractivity contribution >= 4 is 11.7 Å². The zero-order chi connectivity index (χ0) is 22.8. The quantitative estimate of drug-likeness (QED) is 0.742. The third-order valence-electron chi connectivity index (χ3n) is 6.19. The van der Waals surface area contributed by atoms with Crippen LogP contribution in [0, 0.1) is 0 Å². The van der Waals surface area contributed by atoms with Crippen LogP contribution in [0.1, 0.15) is 42.2 Å². The Morgan fingerprint density at radius 2 is 1.53 bits per heavy atom. The predicted octanol–water partition coefficient (Wildman–Crippen LogP) is 3.73. The molecule has 1 aliphatic heterocycles. The number of hydrogen-bond donors (Lipinski definition) is 1. The van der Waals surface area contributed by atoms with Gasteiger partial charge in [0.2, 0.25) is 11.7 Å². The van der Waals surface area contributed by atoms with E-state index in [-0.39, 0.29) is 29.9 Å². The predicted molar refractivity (Wildman–Crippen MR) is 119 cm³/mol. The van der Waals surface area contributed by atoms with Crippen molar-refractivity contribution in [2.24, 2.45) is 0 Å². The summed E-state index contributed by atoms with van der Waals surface area (Å²) in [6.45, 7) is 0. The molecule has 1 N–H and O–H groups in total. The molecule has 7 nitrogen and oxygen atoms in total. The fraction of sp³-hybridized carbons (Fsp3) is 0.360. The van der Waals surface area contributed by atoms with E-state index in [1.807, 2.05) is 36.4 Å². The monoisotopic (exact) mass is 437 g/mol. The maximum atomic E-state index is 13.4. The molecule has 1 amide bonds. The largest absolute Gasteiger partial charge is 0.497 e. The van der Waals surface area contributed by atoms with Gasteiger partial charge in [0.25, 0.3) is 0 Å². The van der Waals surface area contributed by atoms with Crippen LogP contribution < -0.4 is 24.3 Å². The minimum atomic E-state index is -0.276. The first-order valence-electron chi connectivity index (χ1n) is 10.5.